The van der Waals surface area contributed by atoms with Crippen molar-refractivity contribution < 1.29 is 0 Å². The standard InChI is InChI=1S/C10H14N2.C2H6/c1-8(2)12-6-9-4-3-5-11-10(9)7-12;1-2/h3-5,8H,6-7H2,1-2H3;1-2H3. The topological polar surface area (TPSA) is 16.1 Å². The number of fused-ring (bicyclic) bond motifs is 1. The molecule has 2 heteroatoms. The first-order chi connectivity index (χ1) is 6.77. The fourth-order valence-electron chi connectivity index (χ4n) is 1.59. The van der Waals surface area contributed by atoms with Gasteiger partial charge in [-0.1, -0.05) is 19.9 Å². The minimum Gasteiger partial charge on any atom is -0.291 e. The maximum Gasteiger partial charge on any atom is 0.0589 e. The Morgan fingerprint density at radius 1 is 1.29 bits per heavy atom. The molecule has 0 saturated heterocycles. The van der Waals surface area contributed by atoms with Gasteiger partial charge in [-0.15, -0.1) is 0 Å². The average Bonchev–Trinajstić information content (AvgIpc) is 2.64. The largest absolute Gasteiger partial charge is 0.291 e. The van der Waals surface area contributed by atoms with Gasteiger partial charge in [-0.2, -0.15) is 0 Å². The highest BCUT2D eigenvalue weighted by Crippen LogP contribution is 2.21. The van der Waals surface area contributed by atoms with Crippen molar-refractivity contribution in [3.05, 3.63) is 29.6 Å². The van der Waals surface area contributed by atoms with Crippen LogP contribution in [0.25, 0.3) is 0 Å². The van der Waals surface area contributed by atoms with E-state index in [2.05, 4.69) is 29.8 Å². The summed E-state index contributed by atoms with van der Waals surface area (Å²) in [5.41, 5.74) is 2.65. The fraction of sp³-hybridized carbons (Fsp3) is 0.583. The monoisotopic (exact) mass is 192 g/mol. The zero-order valence-electron chi connectivity index (χ0n) is 9.62. The van der Waals surface area contributed by atoms with E-state index in [1.807, 2.05) is 26.1 Å². The van der Waals surface area contributed by atoms with Crippen molar-refractivity contribution in [3.63, 3.8) is 0 Å². The van der Waals surface area contributed by atoms with Gasteiger partial charge in [0, 0.05) is 25.3 Å². The lowest BCUT2D eigenvalue weighted by Crippen LogP contribution is -2.24. The first-order valence-corrected chi connectivity index (χ1v) is 5.44. The van der Waals surface area contributed by atoms with Gasteiger partial charge in [0.1, 0.15) is 0 Å². The second kappa shape index (κ2) is 5.11. The molecule has 0 aliphatic carbocycles. The SMILES string of the molecule is CC.CC(C)N1Cc2cccnc2C1. The van der Waals surface area contributed by atoms with Gasteiger partial charge in [-0.25, -0.2) is 0 Å². The number of hydrogen-bond acceptors (Lipinski definition) is 2. The molecule has 0 spiro atoms. The Labute approximate surface area is 87.0 Å². The number of rotatable bonds is 1. The Kier molecular flexibility index (Phi) is 4.08. The molecule has 0 fully saturated rings. The summed E-state index contributed by atoms with van der Waals surface area (Å²) < 4.78 is 0. The molecule has 14 heavy (non-hydrogen) atoms. The lowest BCUT2D eigenvalue weighted by Gasteiger charge is -2.18. The summed E-state index contributed by atoms with van der Waals surface area (Å²) in [4.78, 5) is 6.78. The Balaban J connectivity index is 0.000000461. The highest BCUT2D eigenvalue weighted by atomic mass is 15.2. The molecule has 2 nitrogen and oxygen atoms in total. The molecule has 2 heterocycles. The smallest absolute Gasteiger partial charge is 0.0589 e. The second-order valence-corrected chi connectivity index (χ2v) is 3.61. The molecule has 0 bridgehead atoms. The Bertz CT molecular complexity index is 256. The van der Waals surface area contributed by atoms with E-state index in [0.717, 1.165) is 13.1 Å². The first kappa shape index (κ1) is 11.2. The molecule has 0 saturated carbocycles. The summed E-state index contributed by atoms with van der Waals surface area (Å²) in [6.07, 6.45) is 1.88. The van der Waals surface area contributed by atoms with Crippen molar-refractivity contribution in [1.29, 1.82) is 0 Å². The van der Waals surface area contributed by atoms with Crippen molar-refractivity contribution in [2.45, 2.75) is 46.8 Å². The summed E-state index contributed by atoms with van der Waals surface area (Å²) in [5, 5.41) is 0. The van der Waals surface area contributed by atoms with E-state index in [4.69, 9.17) is 0 Å². The Morgan fingerprint density at radius 3 is 2.57 bits per heavy atom. The fourth-order valence-corrected chi connectivity index (χ4v) is 1.59. The molecule has 0 unspecified atom stereocenters. The van der Waals surface area contributed by atoms with Crippen LogP contribution in [0.2, 0.25) is 0 Å². The number of aromatic nitrogens is 1. The van der Waals surface area contributed by atoms with Gasteiger partial charge >= 0.3 is 0 Å². The van der Waals surface area contributed by atoms with Gasteiger partial charge in [0.2, 0.25) is 0 Å². The molecule has 0 radical (unpaired) electrons. The molecule has 0 aromatic carbocycles. The molecule has 0 atom stereocenters. The van der Waals surface area contributed by atoms with Gasteiger partial charge in [0.25, 0.3) is 0 Å². The predicted molar refractivity (Wildman–Crippen MR) is 60.0 cm³/mol. The summed E-state index contributed by atoms with van der Waals surface area (Å²) >= 11 is 0. The Morgan fingerprint density at radius 2 is 2.00 bits per heavy atom. The van der Waals surface area contributed by atoms with Crippen LogP contribution < -0.4 is 0 Å². The highest BCUT2D eigenvalue weighted by Gasteiger charge is 2.20. The maximum atomic E-state index is 4.35. The van der Waals surface area contributed by atoms with Gasteiger partial charge in [-0.3, -0.25) is 9.88 Å². The minimum absolute atomic E-state index is 0.624. The number of pyridine rings is 1. The summed E-state index contributed by atoms with van der Waals surface area (Å²) in [6, 6.07) is 4.81. The van der Waals surface area contributed by atoms with E-state index in [0.29, 0.717) is 6.04 Å². The normalized spacial score (nSPS) is 14.9. The molecule has 0 N–H and O–H groups in total. The highest BCUT2D eigenvalue weighted by molar-refractivity contribution is 5.23. The molecule has 1 aromatic rings. The van der Waals surface area contributed by atoms with Crippen LogP contribution in [0, 0.1) is 0 Å². The van der Waals surface area contributed by atoms with E-state index < -0.39 is 0 Å². The predicted octanol–water partition coefficient (Wildman–Crippen LogP) is 2.83. The molecule has 78 valence electrons. The van der Waals surface area contributed by atoms with Gasteiger partial charge < -0.3 is 0 Å². The van der Waals surface area contributed by atoms with E-state index in [9.17, 15) is 0 Å². The third-order valence-electron chi connectivity index (χ3n) is 2.44. The van der Waals surface area contributed by atoms with E-state index >= 15 is 0 Å². The molecular formula is C12H20N2. The zero-order valence-corrected chi connectivity index (χ0v) is 9.62. The lowest BCUT2D eigenvalue weighted by atomic mass is 10.2. The van der Waals surface area contributed by atoms with Crippen molar-refractivity contribution in [2.75, 3.05) is 0 Å². The number of hydrogen-bond donors (Lipinski definition) is 0. The molecule has 1 aromatic heterocycles. The summed E-state index contributed by atoms with van der Waals surface area (Å²) in [6.45, 7) is 10.5. The molecule has 0 amide bonds. The lowest BCUT2D eigenvalue weighted by molar-refractivity contribution is 0.226. The van der Waals surface area contributed by atoms with Crippen molar-refractivity contribution in [2.24, 2.45) is 0 Å². The van der Waals surface area contributed by atoms with Crippen LogP contribution in [-0.4, -0.2) is 15.9 Å². The van der Waals surface area contributed by atoms with Crippen LogP contribution in [0.5, 0.6) is 0 Å². The van der Waals surface area contributed by atoms with Gasteiger partial charge in [0.15, 0.2) is 0 Å². The van der Waals surface area contributed by atoms with Crippen LogP contribution in [0.4, 0.5) is 0 Å². The zero-order chi connectivity index (χ0) is 10.6. The van der Waals surface area contributed by atoms with E-state index in [1.54, 1.807) is 0 Å². The van der Waals surface area contributed by atoms with E-state index in [1.165, 1.54) is 11.3 Å². The van der Waals surface area contributed by atoms with Gasteiger partial charge in [0.05, 0.1) is 5.69 Å². The van der Waals surface area contributed by atoms with Crippen LogP contribution in [0.15, 0.2) is 18.3 Å². The van der Waals surface area contributed by atoms with Crippen molar-refractivity contribution >= 4 is 0 Å². The molecular weight excluding hydrogens is 172 g/mol. The quantitative estimate of drug-likeness (QED) is 0.680. The Hall–Kier alpha value is -0.890. The maximum absolute atomic E-state index is 4.35. The third kappa shape index (κ3) is 2.32. The van der Waals surface area contributed by atoms with Crippen LogP contribution in [-0.2, 0) is 13.1 Å². The number of nitrogens with zero attached hydrogens (tertiary/aromatic N) is 2. The average molecular weight is 192 g/mol. The second-order valence-electron chi connectivity index (χ2n) is 3.61. The summed E-state index contributed by atoms with van der Waals surface area (Å²) in [5.74, 6) is 0. The molecule has 2 rings (SSSR count). The van der Waals surface area contributed by atoms with Gasteiger partial charge in [-0.05, 0) is 25.5 Å². The van der Waals surface area contributed by atoms with Crippen molar-refractivity contribution in [1.82, 2.24) is 9.88 Å². The first-order valence-electron chi connectivity index (χ1n) is 5.44. The summed E-state index contributed by atoms with van der Waals surface area (Å²) in [7, 11) is 0. The van der Waals surface area contributed by atoms with E-state index in [-0.39, 0.29) is 0 Å². The van der Waals surface area contributed by atoms with Crippen molar-refractivity contribution in [3.8, 4) is 0 Å². The van der Waals surface area contributed by atoms with Crippen LogP contribution in [0.1, 0.15) is 39.0 Å². The third-order valence-corrected chi connectivity index (χ3v) is 2.44. The van der Waals surface area contributed by atoms with Crippen LogP contribution in [0.3, 0.4) is 0 Å². The van der Waals surface area contributed by atoms with Crippen LogP contribution >= 0.6 is 0 Å². The minimum atomic E-state index is 0.624. The molecule has 1 aliphatic rings. The molecule has 1 aliphatic heterocycles.